The molecule has 0 bridgehead atoms. The molecule has 3 rings (SSSR count). The molecule has 0 radical (unpaired) electrons. The van der Waals surface area contributed by atoms with Crippen LogP contribution in [0.1, 0.15) is 11.5 Å². The number of rotatable bonds is 4. The van der Waals surface area contributed by atoms with Crippen LogP contribution in [0.2, 0.25) is 10.0 Å². The molecule has 0 N–H and O–H groups in total. The van der Waals surface area contributed by atoms with E-state index >= 15 is 0 Å². The summed E-state index contributed by atoms with van der Waals surface area (Å²) in [6.07, 6.45) is 3.61. The summed E-state index contributed by atoms with van der Waals surface area (Å²) in [4.78, 5) is 0. The third kappa shape index (κ3) is 3.73. The van der Waals surface area contributed by atoms with E-state index in [1.165, 1.54) is 0 Å². The van der Waals surface area contributed by atoms with Crippen LogP contribution in [0.3, 0.4) is 0 Å². The zero-order valence-corrected chi connectivity index (χ0v) is 13.7. The number of halogens is 2. The van der Waals surface area contributed by atoms with Crippen molar-refractivity contribution in [2.24, 2.45) is 0 Å². The van der Waals surface area contributed by atoms with Gasteiger partial charge in [-0.1, -0.05) is 35.3 Å². The zero-order valence-electron chi connectivity index (χ0n) is 12.2. The van der Waals surface area contributed by atoms with Gasteiger partial charge in [-0.15, -0.1) is 10.2 Å². The lowest BCUT2D eigenvalue weighted by atomic mass is 10.2. The molecule has 0 spiro atoms. The van der Waals surface area contributed by atoms with E-state index < -0.39 is 0 Å². The van der Waals surface area contributed by atoms with E-state index in [2.05, 4.69) is 10.2 Å². The minimum atomic E-state index is 0.348. The van der Waals surface area contributed by atoms with Gasteiger partial charge >= 0.3 is 0 Å². The van der Waals surface area contributed by atoms with Gasteiger partial charge < -0.3 is 9.15 Å². The first-order valence-corrected chi connectivity index (χ1v) is 7.52. The Morgan fingerprint density at radius 1 is 1.00 bits per heavy atom. The number of hydrogen-bond donors (Lipinski definition) is 0. The molecule has 0 aliphatic heterocycles. The second kappa shape index (κ2) is 6.86. The van der Waals surface area contributed by atoms with Gasteiger partial charge in [-0.25, -0.2) is 0 Å². The third-order valence-corrected chi connectivity index (χ3v) is 3.68. The van der Waals surface area contributed by atoms with Gasteiger partial charge in [0, 0.05) is 11.1 Å². The standard InChI is InChI=1S/C17H12Cl2N2O2/c1-22-13-6-2-11(3-7-13)4-9-16-20-21-17(23-16)14-8-5-12(18)10-15(14)19/h2-10H,1H3/b9-4+. The molecule has 0 atom stereocenters. The predicted molar refractivity (Wildman–Crippen MR) is 91.7 cm³/mol. The summed E-state index contributed by atoms with van der Waals surface area (Å²) in [5, 5.41) is 9.00. The molecule has 23 heavy (non-hydrogen) atoms. The Morgan fingerprint density at radius 2 is 1.78 bits per heavy atom. The minimum absolute atomic E-state index is 0.348. The molecular formula is C17H12Cl2N2O2. The van der Waals surface area contributed by atoms with Crippen molar-refractivity contribution < 1.29 is 9.15 Å². The van der Waals surface area contributed by atoms with Crippen LogP contribution in [0.4, 0.5) is 0 Å². The number of nitrogens with zero attached hydrogens (tertiary/aromatic N) is 2. The maximum atomic E-state index is 6.13. The van der Waals surface area contributed by atoms with E-state index in [1.807, 2.05) is 30.3 Å². The Kier molecular flexibility index (Phi) is 4.65. The summed E-state index contributed by atoms with van der Waals surface area (Å²) >= 11 is 12.0. The summed E-state index contributed by atoms with van der Waals surface area (Å²) in [7, 11) is 1.63. The molecule has 1 aromatic heterocycles. The Hall–Kier alpha value is -2.30. The van der Waals surface area contributed by atoms with Crippen LogP contribution in [0.15, 0.2) is 46.9 Å². The minimum Gasteiger partial charge on any atom is -0.497 e. The lowest BCUT2D eigenvalue weighted by Gasteiger charge is -1.99. The number of hydrogen-bond acceptors (Lipinski definition) is 4. The number of methoxy groups -OCH3 is 1. The van der Waals surface area contributed by atoms with Gasteiger partial charge in [0.1, 0.15) is 5.75 Å². The van der Waals surface area contributed by atoms with Gasteiger partial charge in [0.2, 0.25) is 11.8 Å². The molecule has 6 heteroatoms. The molecule has 0 unspecified atom stereocenters. The molecule has 1 heterocycles. The van der Waals surface area contributed by atoms with Crippen molar-refractivity contribution in [3.8, 4) is 17.2 Å². The van der Waals surface area contributed by atoms with Gasteiger partial charge in [0.15, 0.2) is 0 Å². The van der Waals surface area contributed by atoms with Gasteiger partial charge in [0.25, 0.3) is 0 Å². The van der Waals surface area contributed by atoms with Crippen molar-refractivity contribution in [1.29, 1.82) is 0 Å². The average molecular weight is 347 g/mol. The van der Waals surface area contributed by atoms with Crippen molar-refractivity contribution in [2.45, 2.75) is 0 Å². The van der Waals surface area contributed by atoms with Crippen molar-refractivity contribution in [3.63, 3.8) is 0 Å². The first-order chi connectivity index (χ1) is 11.2. The summed E-state index contributed by atoms with van der Waals surface area (Å²) < 4.78 is 10.7. The molecule has 0 aliphatic carbocycles. The Labute approximate surface area is 143 Å². The van der Waals surface area contributed by atoms with Crippen LogP contribution in [-0.4, -0.2) is 17.3 Å². The predicted octanol–water partition coefficient (Wildman–Crippen LogP) is 5.22. The Morgan fingerprint density at radius 3 is 2.48 bits per heavy atom. The Balaban J connectivity index is 1.79. The summed E-state index contributed by atoms with van der Waals surface area (Å²) in [5.41, 5.74) is 1.64. The molecule has 0 aliphatic rings. The van der Waals surface area contributed by atoms with Crippen molar-refractivity contribution in [1.82, 2.24) is 10.2 Å². The molecule has 3 aromatic rings. The monoisotopic (exact) mass is 346 g/mol. The fraction of sp³-hybridized carbons (Fsp3) is 0.0588. The van der Waals surface area contributed by atoms with Crippen LogP contribution in [-0.2, 0) is 0 Å². The number of aromatic nitrogens is 2. The Bertz CT molecular complexity index is 842. The molecular weight excluding hydrogens is 335 g/mol. The van der Waals surface area contributed by atoms with E-state index in [9.17, 15) is 0 Å². The fourth-order valence-electron chi connectivity index (χ4n) is 1.96. The van der Waals surface area contributed by atoms with E-state index in [0.717, 1.165) is 11.3 Å². The molecule has 0 amide bonds. The highest BCUT2D eigenvalue weighted by molar-refractivity contribution is 6.36. The lowest BCUT2D eigenvalue weighted by Crippen LogP contribution is -1.81. The summed E-state index contributed by atoms with van der Waals surface area (Å²) in [6.45, 7) is 0. The molecule has 2 aromatic carbocycles. The smallest absolute Gasteiger partial charge is 0.249 e. The van der Waals surface area contributed by atoms with Crippen LogP contribution in [0, 0.1) is 0 Å². The average Bonchev–Trinajstić information content (AvgIpc) is 3.02. The molecule has 4 nitrogen and oxygen atoms in total. The van der Waals surface area contributed by atoms with Crippen LogP contribution in [0.5, 0.6) is 5.75 Å². The highest BCUT2D eigenvalue weighted by Gasteiger charge is 2.11. The molecule has 116 valence electrons. The molecule has 0 fully saturated rings. The van der Waals surface area contributed by atoms with Crippen molar-refractivity contribution >= 4 is 35.4 Å². The van der Waals surface area contributed by atoms with Crippen molar-refractivity contribution in [3.05, 3.63) is 64.0 Å². The second-order valence-electron chi connectivity index (χ2n) is 4.68. The normalized spacial score (nSPS) is 11.1. The zero-order chi connectivity index (χ0) is 16.2. The maximum Gasteiger partial charge on any atom is 0.249 e. The van der Waals surface area contributed by atoms with E-state index in [0.29, 0.717) is 27.4 Å². The van der Waals surface area contributed by atoms with Crippen LogP contribution in [0.25, 0.3) is 23.6 Å². The highest BCUT2D eigenvalue weighted by Crippen LogP contribution is 2.29. The lowest BCUT2D eigenvalue weighted by molar-refractivity contribution is 0.415. The van der Waals surface area contributed by atoms with Gasteiger partial charge in [-0.2, -0.15) is 0 Å². The number of ether oxygens (including phenoxy) is 1. The number of benzene rings is 2. The van der Waals surface area contributed by atoms with Gasteiger partial charge in [-0.05, 0) is 42.0 Å². The topological polar surface area (TPSA) is 48.2 Å². The van der Waals surface area contributed by atoms with Gasteiger partial charge in [-0.3, -0.25) is 0 Å². The van der Waals surface area contributed by atoms with E-state index in [1.54, 1.807) is 31.4 Å². The molecule has 0 saturated heterocycles. The van der Waals surface area contributed by atoms with E-state index in [-0.39, 0.29) is 0 Å². The third-order valence-electron chi connectivity index (χ3n) is 3.14. The molecule has 0 saturated carbocycles. The second-order valence-corrected chi connectivity index (χ2v) is 5.52. The van der Waals surface area contributed by atoms with Crippen molar-refractivity contribution in [2.75, 3.05) is 7.11 Å². The first kappa shape index (κ1) is 15.6. The summed E-state index contributed by atoms with van der Waals surface area (Å²) in [5.74, 6) is 1.54. The highest BCUT2D eigenvalue weighted by atomic mass is 35.5. The first-order valence-electron chi connectivity index (χ1n) is 6.77. The maximum absolute atomic E-state index is 6.13. The fourth-order valence-corrected chi connectivity index (χ4v) is 2.45. The quantitative estimate of drug-likeness (QED) is 0.649. The largest absolute Gasteiger partial charge is 0.497 e. The summed E-state index contributed by atoms with van der Waals surface area (Å²) in [6, 6.07) is 12.7. The van der Waals surface area contributed by atoms with Gasteiger partial charge in [0.05, 0.1) is 17.7 Å². The van der Waals surface area contributed by atoms with E-state index in [4.69, 9.17) is 32.4 Å². The van der Waals surface area contributed by atoms with Crippen LogP contribution < -0.4 is 4.74 Å². The SMILES string of the molecule is COc1ccc(/C=C/c2nnc(-c3ccc(Cl)cc3Cl)o2)cc1. The van der Waals surface area contributed by atoms with Crippen LogP contribution >= 0.6 is 23.2 Å².